The minimum absolute atomic E-state index is 0.0318. The zero-order chi connectivity index (χ0) is 16.3. The van der Waals surface area contributed by atoms with E-state index in [2.05, 4.69) is 10.3 Å². The monoisotopic (exact) mass is 366 g/mol. The summed E-state index contributed by atoms with van der Waals surface area (Å²) in [7, 11) is 0. The van der Waals surface area contributed by atoms with Gasteiger partial charge in [0.15, 0.2) is 5.16 Å². The lowest BCUT2D eigenvalue weighted by Gasteiger charge is -2.37. The topological polar surface area (TPSA) is 69.7 Å². The molecular weight excluding hydrogens is 355 g/mol. The molecule has 0 aromatic carbocycles. The molecule has 6 nitrogen and oxygen atoms in total. The SMILES string of the molecule is CCOC1=C(Cl)NC(=O)O[C@@]1(OCC)c1cc(Cl)nc(Cl)c1. The first-order chi connectivity index (χ1) is 10.4. The molecule has 1 aromatic rings. The van der Waals surface area contributed by atoms with Crippen LogP contribution in [0.5, 0.6) is 0 Å². The van der Waals surface area contributed by atoms with E-state index in [1.54, 1.807) is 13.8 Å². The van der Waals surface area contributed by atoms with Crippen molar-refractivity contribution in [1.82, 2.24) is 10.3 Å². The second-order valence-electron chi connectivity index (χ2n) is 4.14. The molecule has 1 atom stereocenters. The molecule has 1 aromatic heterocycles. The van der Waals surface area contributed by atoms with Crippen LogP contribution in [0.25, 0.3) is 0 Å². The number of carbonyl (C=O) groups excluding carboxylic acids is 1. The van der Waals surface area contributed by atoms with Gasteiger partial charge in [-0.25, -0.2) is 9.78 Å². The summed E-state index contributed by atoms with van der Waals surface area (Å²) in [6.07, 6.45) is -0.786. The van der Waals surface area contributed by atoms with Crippen LogP contribution in [-0.4, -0.2) is 24.3 Å². The largest absolute Gasteiger partial charge is 0.489 e. The molecule has 22 heavy (non-hydrogen) atoms. The Labute approximate surface area is 142 Å². The average Bonchev–Trinajstić information content (AvgIpc) is 2.41. The summed E-state index contributed by atoms with van der Waals surface area (Å²) in [6.45, 7) is 3.99. The zero-order valence-corrected chi connectivity index (χ0v) is 14.1. The Balaban J connectivity index is 2.67. The van der Waals surface area contributed by atoms with Gasteiger partial charge in [0.2, 0.25) is 5.76 Å². The summed E-state index contributed by atoms with van der Waals surface area (Å²) < 4.78 is 16.6. The Bertz CT molecular complexity index is 603. The molecule has 0 unspecified atom stereocenters. The number of nitrogens with one attached hydrogen (secondary N) is 1. The molecule has 1 N–H and O–H groups in total. The van der Waals surface area contributed by atoms with Crippen molar-refractivity contribution in [2.75, 3.05) is 13.2 Å². The third kappa shape index (κ3) is 3.25. The Morgan fingerprint density at radius 2 is 1.86 bits per heavy atom. The van der Waals surface area contributed by atoms with E-state index in [4.69, 9.17) is 49.0 Å². The highest BCUT2D eigenvalue weighted by Crippen LogP contribution is 2.41. The number of halogens is 3. The van der Waals surface area contributed by atoms with Gasteiger partial charge in [-0.15, -0.1) is 0 Å². The first kappa shape index (κ1) is 17.1. The lowest BCUT2D eigenvalue weighted by atomic mass is 10.0. The van der Waals surface area contributed by atoms with Crippen molar-refractivity contribution in [3.8, 4) is 0 Å². The molecule has 1 amide bonds. The Morgan fingerprint density at radius 3 is 2.41 bits per heavy atom. The van der Waals surface area contributed by atoms with E-state index in [-0.39, 0.29) is 34.4 Å². The van der Waals surface area contributed by atoms with Gasteiger partial charge in [-0.3, -0.25) is 5.32 Å². The van der Waals surface area contributed by atoms with E-state index in [1.165, 1.54) is 12.1 Å². The van der Waals surface area contributed by atoms with Crippen molar-refractivity contribution in [1.29, 1.82) is 0 Å². The summed E-state index contributed by atoms with van der Waals surface area (Å²) in [5, 5.41) is 2.52. The van der Waals surface area contributed by atoms with E-state index >= 15 is 0 Å². The third-order valence-corrected chi connectivity index (χ3v) is 3.38. The Morgan fingerprint density at radius 1 is 1.23 bits per heavy atom. The minimum Gasteiger partial charge on any atom is -0.489 e. The molecular formula is C13H13Cl3N2O4. The molecule has 1 aliphatic rings. The predicted molar refractivity (Wildman–Crippen MR) is 81.7 cm³/mol. The quantitative estimate of drug-likeness (QED) is 0.634. The second-order valence-corrected chi connectivity index (χ2v) is 5.29. The minimum atomic E-state index is -1.68. The number of hydrogen-bond donors (Lipinski definition) is 1. The molecule has 9 heteroatoms. The van der Waals surface area contributed by atoms with Crippen molar-refractivity contribution in [3.05, 3.63) is 38.9 Å². The first-order valence-corrected chi connectivity index (χ1v) is 7.56. The lowest BCUT2D eigenvalue weighted by molar-refractivity contribution is -0.209. The third-order valence-electron chi connectivity index (χ3n) is 2.73. The van der Waals surface area contributed by atoms with E-state index in [9.17, 15) is 4.79 Å². The molecule has 0 aliphatic carbocycles. The fourth-order valence-electron chi connectivity index (χ4n) is 2.02. The van der Waals surface area contributed by atoms with Gasteiger partial charge in [-0.1, -0.05) is 34.8 Å². The number of hydrogen-bond acceptors (Lipinski definition) is 5. The normalized spacial score (nSPS) is 21.4. The summed E-state index contributed by atoms with van der Waals surface area (Å²) in [6, 6.07) is 2.93. The van der Waals surface area contributed by atoms with Crippen LogP contribution in [0.2, 0.25) is 10.3 Å². The van der Waals surface area contributed by atoms with Crippen LogP contribution in [0.1, 0.15) is 19.4 Å². The average molecular weight is 368 g/mol. The van der Waals surface area contributed by atoms with Gasteiger partial charge < -0.3 is 14.2 Å². The Kier molecular flexibility index (Phi) is 5.39. The van der Waals surface area contributed by atoms with Gasteiger partial charge in [0, 0.05) is 12.2 Å². The van der Waals surface area contributed by atoms with Crippen LogP contribution >= 0.6 is 34.8 Å². The summed E-state index contributed by atoms with van der Waals surface area (Å²) in [5.41, 5.74) is 0.343. The van der Waals surface area contributed by atoms with Crippen molar-refractivity contribution in [2.45, 2.75) is 19.6 Å². The van der Waals surface area contributed by atoms with Crippen LogP contribution < -0.4 is 5.32 Å². The number of alkyl carbamates (subject to hydrolysis) is 1. The number of nitrogens with zero attached hydrogens (tertiary/aromatic N) is 1. The van der Waals surface area contributed by atoms with Crippen molar-refractivity contribution in [3.63, 3.8) is 0 Å². The van der Waals surface area contributed by atoms with Gasteiger partial charge in [-0.2, -0.15) is 0 Å². The van der Waals surface area contributed by atoms with Gasteiger partial charge in [0.05, 0.1) is 6.61 Å². The Hall–Kier alpha value is -1.21. The van der Waals surface area contributed by atoms with E-state index in [0.29, 0.717) is 5.56 Å². The fourth-order valence-corrected chi connectivity index (χ4v) is 2.74. The highest BCUT2D eigenvalue weighted by molar-refractivity contribution is 6.32. The first-order valence-electron chi connectivity index (χ1n) is 6.43. The summed E-state index contributed by atoms with van der Waals surface area (Å²) in [4.78, 5) is 15.6. The van der Waals surface area contributed by atoms with Gasteiger partial charge in [0.25, 0.3) is 0 Å². The maximum Gasteiger partial charge on any atom is 0.415 e. The number of amides is 1. The molecule has 0 fully saturated rings. The predicted octanol–water partition coefficient (Wildman–Crippen LogP) is 3.76. The number of carbonyl (C=O) groups is 1. The van der Waals surface area contributed by atoms with Crippen LogP contribution in [0.4, 0.5) is 4.79 Å². The molecule has 2 rings (SSSR count). The highest BCUT2D eigenvalue weighted by atomic mass is 35.5. The molecule has 0 radical (unpaired) electrons. The smallest absolute Gasteiger partial charge is 0.415 e. The number of ether oxygens (including phenoxy) is 3. The van der Waals surface area contributed by atoms with E-state index in [1.807, 2.05) is 0 Å². The second kappa shape index (κ2) is 6.91. The molecule has 2 heterocycles. The van der Waals surface area contributed by atoms with Gasteiger partial charge in [-0.05, 0) is 26.0 Å². The van der Waals surface area contributed by atoms with Crippen molar-refractivity contribution in [2.24, 2.45) is 0 Å². The maximum atomic E-state index is 11.8. The molecule has 120 valence electrons. The highest BCUT2D eigenvalue weighted by Gasteiger charge is 2.49. The van der Waals surface area contributed by atoms with Crippen LogP contribution in [-0.2, 0) is 20.0 Å². The van der Waals surface area contributed by atoms with E-state index in [0.717, 1.165) is 0 Å². The summed E-state index contributed by atoms with van der Waals surface area (Å²) >= 11 is 18.0. The molecule has 0 saturated carbocycles. The lowest BCUT2D eigenvalue weighted by Crippen LogP contribution is -2.47. The van der Waals surface area contributed by atoms with Crippen LogP contribution in [0, 0.1) is 0 Å². The maximum absolute atomic E-state index is 11.8. The van der Waals surface area contributed by atoms with Crippen LogP contribution in [0.15, 0.2) is 23.0 Å². The zero-order valence-electron chi connectivity index (χ0n) is 11.8. The number of aromatic nitrogens is 1. The number of cyclic esters (lactones) is 1. The molecule has 0 spiro atoms. The standard InChI is InChI=1S/C13H13Cl3N2O4/c1-3-20-10-11(16)18-12(19)22-13(10,21-4-2)7-5-8(14)17-9(15)6-7/h5-6H,3-4H2,1-2H3,(H,18,19)/t13-/m0/s1. The van der Waals surface area contributed by atoms with Gasteiger partial charge >= 0.3 is 11.9 Å². The molecule has 0 saturated heterocycles. The van der Waals surface area contributed by atoms with Crippen LogP contribution in [0.3, 0.4) is 0 Å². The number of pyridine rings is 1. The van der Waals surface area contributed by atoms with Crippen molar-refractivity contribution < 1.29 is 19.0 Å². The van der Waals surface area contributed by atoms with Crippen molar-refractivity contribution >= 4 is 40.9 Å². The van der Waals surface area contributed by atoms with Gasteiger partial charge in [0.1, 0.15) is 10.3 Å². The van der Waals surface area contributed by atoms with E-state index < -0.39 is 11.9 Å². The number of rotatable bonds is 5. The fraction of sp³-hybridized carbons (Fsp3) is 0.385. The molecule has 0 bridgehead atoms. The summed E-state index contributed by atoms with van der Waals surface area (Å²) in [5.74, 6) is -1.57. The molecule has 1 aliphatic heterocycles.